The zero-order valence-electron chi connectivity index (χ0n) is 5.86. The Kier molecular flexibility index (Phi) is 6.21. The molecule has 0 bridgehead atoms. The molecule has 0 aromatic carbocycles. The summed E-state index contributed by atoms with van der Waals surface area (Å²) in [5, 5.41) is 0.372. The van der Waals surface area contributed by atoms with Crippen molar-refractivity contribution in [1.82, 2.24) is 0 Å². The lowest BCUT2D eigenvalue weighted by Gasteiger charge is -1.77. The molecule has 0 aliphatic carbocycles. The van der Waals surface area contributed by atoms with Gasteiger partial charge in [0.1, 0.15) is 0 Å². The van der Waals surface area contributed by atoms with Gasteiger partial charge in [-0.15, -0.1) is 0 Å². The van der Waals surface area contributed by atoms with E-state index in [0.29, 0.717) is 5.33 Å². The molecule has 0 unspecified atom stereocenters. The van der Waals surface area contributed by atoms with Crippen molar-refractivity contribution in [1.29, 1.82) is 0 Å². The minimum Gasteiger partial charge on any atom is -0.294 e. The Labute approximate surface area is 69.6 Å². The second kappa shape index (κ2) is 6.57. The van der Waals surface area contributed by atoms with Crippen molar-refractivity contribution in [2.75, 3.05) is 5.33 Å². The number of ketones is 1. The Bertz CT molecular complexity index is 183. The number of allylic oxidation sites excluding steroid dienone is 2. The van der Waals surface area contributed by atoms with Gasteiger partial charge in [0.25, 0.3) is 0 Å². The van der Waals surface area contributed by atoms with Gasteiger partial charge in [0, 0.05) is 6.42 Å². The maximum atomic E-state index is 10.6. The lowest BCUT2D eigenvalue weighted by molar-refractivity contribution is -0.112. The summed E-state index contributed by atoms with van der Waals surface area (Å²) in [4.78, 5) is 10.6. The van der Waals surface area contributed by atoms with Crippen LogP contribution in [0.1, 0.15) is 13.3 Å². The lowest BCUT2D eigenvalue weighted by atomic mass is 10.4. The van der Waals surface area contributed by atoms with Gasteiger partial charge in [-0.05, 0) is 12.2 Å². The molecule has 0 saturated carbocycles. The second-order valence-corrected chi connectivity index (χ2v) is 2.17. The van der Waals surface area contributed by atoms with Crippen molar-refractivity contribution < 1.29 is 4.79 Å². The average Bonchev–Trinajstić information content (AvgIpc) is 1.98. The van der Waals surface area contributed by atoms with Gasteiger partial charge in [-0.1, -0.05) is 34.7 Å². The zero-order chi connectivity index (χ0) is 7.82. The highest BCUT2D eigenvalue weighted by Crippen LogP contribution is 1.83. The van der Waals surface area contributed by atoms with Crippen molar-refractivity contribution >= 4 is 21.7 Å². The molecule has 2 heteroatoms. The molecular weight excluding hydrogens is 192 g/mol. The highest BCUT2D eigenvalue weighted by atomic mass is 79.9. The summed E-state index contributed by atoms with van der Waals surface area (Å²) >= 11 is 3.03. The number of halogens is 1. The van der Waals surface area contributed by atoms with E-state index in [1.165, 1.54) is 6.08 Å². The molecule has 54 valence electrons. The zero-order valence-corrected chi connectivity index (χ0v) is 7.44. The molecule has 0 atom stereocenters. The van der Waals surface area contributed by atoms with E-state index in [9.17, 15) is 4.79 Å². The molecule has 0 N–H and O–H groups in total. The van der Waals surface area contributed by atoms with E-state index < -0.39 is 0 Å². The van der Waals surface area contributed by atoms with E-state index in [2.05, 4.69) is 27.8 Å². The molecule has 0 aromatic heterocycles. The van der Waals surface area contributed by atoms with Crippen molar-refractivity contribution in [3.05, 3.63) is 12.2 Å². The molecule has 0 spiro atoms. The molecule has 0 aliphatic heterocycles. The van der Waals surface area contributed by atoms with Crippen LogP contribution in [0.2, 0.25) is 0 Å². The van der Waals surface area contributed by atoms with Gasteiger partial charge < -0.3 is 0 Å². The topological polar surface area (TPSA) is 17.1 Å². The van der Waals surface area contributed by atoms with Gasteiger partial charge in [0.2, 0.25) is 0 Å². The first-order chi connectivity index (χ1) is 4.81. The Morgan fingerprint density at radius 3 is 2.90 bits per heavy atom. The van der Waals surface area contributed by atoms with Gasteiger partial charge >= 0.3 is 0 Å². The highest BCUT2D eigenvalue weighted by molar-refractivity contribution is 9.09. The summed E-state index contributed by atoms with van der Waals surface area (Å²) in [5.74, 6) is 5.60. The maximum absolute atomic E-state index is 10.6. The predicted octanol–water partition coefficient (Wildman–Crippen LogP) is 1.92. The second-order valence-electron chi connectivity index (χ2n) is 1.61. The molecule has 0 rings (SSSR count). The molecule has 0 heterocycles. The minimum atomic E-state index is 0.0467. The van der Waals surface area contributed by atoms with Crippen LogP contribution in [0.25, 0.3) is 0 Å². The fourth-order valence-electron chi connectivity index (χ4n) is 0.340. The lowest BCUT2D eigenvalue weighted by Crippen LogP contribution is -1.90. The van der Waals surface area contributed by atoms with Gasteiger partial charge in [0.15, 0.2) is 5.78 Å². The summed E-state index contributed by atoms with van der Waals surface area (Å²) < 4.78 is 0. The SMILES string of the molecule is CCC#C/C=C/C(=O)CBr. The largest absolute Gasteiger partial charge is 0.294 e. The van der Waals surface area contributed by atoms with Crippen molar-refractivity contribution in [2.45, 2.75) is 13.3 Å². The third-order valence-electron chi connectivity index (χ3n) is 0.763. The molecule has 1 nitrogen and oxygen atoms in total. The quantitative estimate of drug-likeness (QED) is 0.379. The first-order valence-electron chi connectivity index (χ1n) is 3.05. The van der Waals surface area contributed by atoms with Gasteiger partial charge in [-0.25, -0.2) is 0 Å². The Balaban J connectivity index is 3.65. The number of rotatable bonds is 2. The van der Waals surface area contributed by atoms with Crippen molar-refractivity contribution in [2.24, 2.45) is 0 Å². The van der Waals surface area contributed by atoms with Crippen molar-refractivity contribution in [3.63, 3.8) is 0 Å². The summed E-state index contributed by atoms with van der Waals surface area (Å²) in [6, 6.07) is 0. The number of carbonyl (C=O) groups excluding carboxylic acids is 1. The molecule has 0 aliphatic rings. The summed E-state index contributed by atoms with van der Waals surface area (Å²) in [5.41, 5.74) is 0. The van der Waals surface area contributed by atoms with Crippen LogP contribution in [0.3, 0.4) is 0 Å². The van der Waals surface area contributed by atoms with Crippen LogP contribution in [0, 0.1) is 11.8 Å². The van der Waals surface area contributed by atoms with Crippen LogP contribution in [-0.2, 0) is 4.79 Å². The van der Waals surface area contributed by atoms with E-state index in [-0.39, 0.29) is 5.78 Å². The third-order valence-corrected chi connectivity index (χ3v) is 1.32. The Morgan fingerprint density at radius 2 is 2.40 bits per heavy atom. The number of alkyl halides is 1. The predicted molar refractivity (Wildman–Crippen MR) is 46.0 cm³/mol. The van der Waals surface area contributed by atoms with Gasteiger partial charge in [0.05, 0.1) is 5.33 Å². The van der Waals surface area contributed by atoms with Gasteiger partial charge in [-0.2, -0.15) is 0 Å². The van der Waals surface area contributed by atoms with Crippen molar-refractivity contribution in [3.8, 4) is 11.8 Å². The van der Waals surface area contributed by atoms with Crippen LogP contribution in [0.15, 0.2) is 12.2 Å². The summed E-state index contributed by atoms with van der Waals surface area (Å²) in [6.45, 7) is 1.97. The van der Waals surface area contributed by atoms with Crippen LogP contribution in [0.4, 0.5) is 0 Å². The maximum Gasteiger partial charge on any atom is 0.166 e. The number of hydrogen-bond acceptors (Lipinski definition) is 1. The average molecular weight is 201 g/mol. The van der Waals surface area contributed by atoms with Crippen LogP contribution >= 0.6 is 15.9 Å². The van der Waals surface area contributed by atoms with E-state index in [4.69, 9.17) is 0 Å². The van der Waals surface area contributed by atoms with E-state index in [0.717, 1.165) is 6.42 Å². The van der Waals surface area contributed by atoms with Crippen LogP contribution in [-0.4, -0.2) is 11.1 Å². The molecule has 0 fully saturated rings. The number of hydrogen-bond donors (Lipinski definition) is 0. The third kappa shape index (κ3) is 5.58. The van der Waals surface area contributed by atoms with E-state index >= 15 is 0 Å². The normalized spacial score (nSPS) is 9.00. The standard InChI is InChI=1S/C8H9BrO/c1-2-3-4-5-6-8(10)7-9/h5-6H,2,7H2,1H3/b6-5+. The first kappa shape index (κ1) is 9.45. The van der Waals surface area contributed by atoms with Gasteiger partial charge in [-0.3, -0.25) is 4.79 Å². The molecule has 0 aromatic rings. The van der Waals surface area contributed by atoms with E-state index in [1.54, 1.807) is 6.08 Å². The molecule has 10 heavy (non-hydrogen) atoms. The fourth-order valence-corrected chi connectivity index (χ4v) is 0.527. The molecule has 0 saturated heterocycles. The molecule has 0 amide bonds. The fraction of sp³-hybridized carbons (Fsp3) is 0.375. The van der Waals surface area contributed by atoms with Crippen LogP contribution < -0.4 is 0 Å². The number of carbonyl (C=O) groups is 1. The van der Waals surface area contributed by atoms with Crippen LogP contribution in [0.5, 0.6) is 0 Å². The summed E-state index contributed by atoms with van der Waals surface area (Å²) in [6.07, 6.45) is 3.87. The molecule has 0 radical (unpaired) electrons. The monoisotopic (exact) mass is 200 g/mol. The van der Waals surface area contributed by atoms with E-state index in [1.807, 2.05) is 6.92 Å². The highest BCUT2D eigenvalue weighted by Gasteiger charge is 1.86. The smallest absolute Gasteiger partial charge is 0.166 e. The Morgan fingerprint density at radius 1 is 1.70 bits per heavy atom. The minimum absolute atomic E-state index is 0.0467. The summed E-state index contributed by atoms with van der Waals surface area (Å²) in [7, 11) is 0. The molecular formula is C8H9BrO. The Hall–Kier alpha value is -0.550. The first-order valence-corrected chi connectivity index (χ1v) is 4.17.